The van der Waals surface area contributed by atoms with Gasteiger partial charge in [0.1, 0.15) is 12.4 Å². The van der Waals surface area contributed by atoms with Crippen molar-refractivity contribution >= 4 is 57.3 Å². The standard InChI is InChI=1S/C26H24F3NO5S.Na.H/c1-18(2)30(36(33,34)22-6-4-3-5-7-22)23-14-13-21(26(27,28)29)16-24(23)35-17-20-10-8-19(9-11-20)12-15-25(31)32;;/h3-16,18H,17H2,1-2H3,(H,31,32);;. The number of ether oxygens (including phenoxy) is 1. The van der Waals surface area contributed by atoms with Crippen LogP contribution in [0.15, 0.2) is 83.8 Å². The molecule has 0 spiro atoms. The van der Waals surface area contributed by atoms with E-state index in [9.17, 15) is 26.4 Å². The number of hydrogen-bond donors (Lipinski definition) is 1. The summed E-state index contributed by atoms with van der Waals surface area (Å²) in [5.74, 6) is -1.34. The Morgan fingerprint density at radius 1 is 1.03 bits per heavy atom. The predicted molar refractivity (Wildman–Crippen MR) is 137 cm³/mol. The number of alkyl halides is 3. The summed E-state index contributed by atoms with van der Waals surface area (Å²) in [5.41, 5.74) is 0.202. The number of aliphatic carboxylic acids is 1. The fourth-order valence-corrected chi connectivity index (χ4v) is 5.13. The summed E-state index contributed by atoms with van der Waals surface area (Å²) in [7, 11) is -4.11. The van der Waals surface area contributed by atoms with Gasteiger partial charge in [-0.05, 0) is 61.4 Å². The summed E-state index contributed by atoms with van der Waals surface area (Å²) in [6.07, 6.45) is -2.28. The quantitative estimate of drug-likeness (QED) is 0.291. The Morgan fingerprint density at radius 3 is 2.19 bits per heavy atom. The summed E-state index contributed by atoms with van der Waals surface area (Å²) in [6.45, 7) is 3.09. The van der Waals surface area contributed by atoms with Gasteiger partial charge in [-0.3, -0.25) is 4.31 Å². The molecule has 0 unspecified atom stereocenters. The van der Waals surface area contributed by atoms with E-state index in [0.717, 1.165) is 28.6 Å². The summed E-state index contributed by atoms with van der Waals surface area (Å²) < 4.78 is 74.0. The van der Waals surface area contributed by atoms with E-state index in [1.807, 2.05) is 0 Å². The minimum atomic E-state index is -4.66. The number of halogens is 3. The van der Waals surface area contributed by atoms with Crippen LogP contribution in [-0.2, 0) is 27.6 Å². The first-order chi connectivity index (χ1) is 16.9. The second kappa shape index (κ2) is 12.6. The van der Waals surface area contributed by atoms with Crippen LogP contribution in [0.4, 0.5) is 18.9 Å². The molecule has 6 nitrogen and oxygen atoms in total. The van der Waals surface area contributed by atoms with Gasteiger partial charge in [0.2, 0.25) is 0 Å². The Kier molecular flexibility index (Phi) is 10.4. The third-order valence-electron chi connectivity index (χ3n) is 5.09. The van der Waals surface area contributed by atoms with Gasteiger partial charge < -0.3 is 9.84 Å². The zero-order valence-corrected chi connectivity index (χ0v) is 20.3. The van der Waals surface area contributed by atoms with E-state index in [-0.39, 0.29) is 52.5 Å². The van der Waals surface area contributed by atoms with Crippen LogP contribution < -0.4 is 9.04 Å². The Bertz CT molecular complexity index is 1340. The number of benzene rings is 3. The number of hydrogen-bond acceptors (Lipinski definition) is 4. The molecule has 11 heteroatoms. The van der Waals surface area contributed by atoms with Gasteiger partial charge in [-0.1, -0.05) is 42.5 Å². The average Bonchev–Trinajstić information content (AvgIpc) is 2.82. The van der Waals surface area contributed by atoms with E-state index in [4.69, 9.17) is 9.84 Å². The Hall–Kier alpha value is -2.79. The van der Waals surface area contributed by atoms with Crippen molar-refractivity contribution in [2.75, 3.05) is 4.31 Å². The molecule has 0 heterocycles. The fraction of sp³-hybridized carbons (Fsp3) is 0.192. The molecule has 37 heavy (non-hydrogen) atoms. The Labute approximate surface area is 235 Å². The summed E-state index contributed by atoms with van der Waals surface area (Å²) in [6, 6.07) is 16.2. The zero-order valence-electron chi connectivity index (χ0n) is 19.4. The Balaban J connectivity index is 0.00000481. The van der Waals surface area contributed by atoms with Crippen LogP contribution in [0.25, 0.3) is 6.08 Å². The number of rotatable bonds is 9. The number of nitrogens with zero attached hydrogens (tertiary/aromatic N) is 1. The van der Waals surface area contributed by atoms with Gasteiger partial charge in [-0.15, -0.1) is 0 Å². The first-order valence-corrected chi connectivity index (χ1v) is 12.3. The van der Waals surface area contributed by atoms with Crippen LogP contribution in [0.5, 0.6) is 5.75 Å². The molecule has 0 aliphatic heterocycles. The van der Waals surface area contributed by atoms with Crippen LogP contribution in [0.1, 0.15) is 30.5 Å². The maximum atomic E-state index is 13.5. The number of sulfonamides is 1. The fourth-order valence-electron chi connectivity index (χ4n) is 3.43. The van der Waals surface area contributed by atoms with Gasteiger partial charge in [0.05, 0.1) is 16.1 Å². The molecule has 0 fully saturated rings. The van der Waals surface area contributed by atoms with Crippen molar-refractivity contribution in [2.24, 2.45) is 0 Å². The van der Waals surface area contributed by atoms with E-state index in [1.54, 1.807) is 56.3 Å². The van der Waals surface area contributed by atoms with Crippen molar-refractivity contribution in [1.29, 1.82) is 0 Å². The number of carboxylic acid groups (broad SMARTS) is 1. The molecule has 0 atom stereocenters. The minimum absolute atomic E-state index is 0. The maximum absolute atomic E-state index is 13.5. The van der Waals surface area contributed by atoms with Crippen LogP contribution in [-0.4, -0.2) is 55.1 Å². The molecule has 192 valence electrons. The van der Waals surface area contributed by atoms with Crippen LogP contribution in [0.2, 0.25) is 0 Å². The van der Waals surface area contributed by atoms with Crippen LogP contribution in [0, 0.1) is 0 Å². The molecule has 3 rings (SSSR count). The monoisotopic (exact) mass is 543 g/mol. The molecule has 0 amide bonds. The molecule has 0 radical (unpaired) electrons. The van der Waals surface area contributed by atoms with E-state index in [0.29, 0.717) is 11.1 Å². The molecular weight excluding hydrogens is 518 g/mol. The summed E-state index contributed by atoms with van der Waals surface area (Å²) >= 11 is 0. The second-order valence-electron chi connectivity index (χ2n) is 8.09. The van der Waals surface area contributed by atoms with E-state index in [2.05, 4.69) is 0 Å². The SMILES string of the molecule is CC(C)N(c1ccc(C(F)(F)F)cc1OCc1ccc(C=CC(=O)O)cc1)S(=O)(=O)c1ccccc1.[NaH]. The van der Waals surface area contributed by atoms with E-state index >= 15 is 0 Å². The van der Waals surface area contributed by atoms with Crippen molar-refractivity contribution in [1.82, 2.24) is 0 Å². The molecule has 0 saturated carbocycles. The normalized spacial score (nSPS) is 11.8. The topological polar surface area (TPSA) is 83.9 Å². The van der Waals surface area contributed by atoms with Crippen molar-refractivity contribution in [3.05, 3.63) is 95.6 Å². The van der Waals surface area contributed by atoms with Gasteiger partial charge in [0, 0.05) is 12.1 Å². The third kappa shape index (κ3) is 7.85. The van der Waals surface area contributed by atoms with Gasteiger partial charge in [0.25, 0.3) is 10.0 Å². The van der Waals surface area contributed by atoms with Gasteiger partial charge in [-0.25, -0.2) is 13.2 Å². The van der Waals surface area contributed by atoms with E-state index < -0.39 is 33.8 Å². The molecule has 0 bridgehead atoms. The van der Waals surface area contributed by atoms with E-state index in [1.165, 1.54) is 18.2 Å². The second-order valence-corrected chi connectivity index (χ2v) is 9.90. The molecule has 0 aliphatic rings. The number of carbonyl (C=O) groups is 1. The number of carboxylic acids is 1. The summed E-state index contributed by atoms with van der Waals surface area (Å²) in [4.78, 5) is 10.7. The molecule has 3 aromatic carbocycles. The zero-order chi connectivity index (χ0) is 26.5. The predicted octanol–water partition coefficient (Wildman–Crippen LogP) is 5.34. The first-order valence-electron chi connectivity index (χ1n) is 10.8. The average molecular weight is 544 g/mol. The number of anilines is 1. The Morgan fingerprint density at radius 2 is 1.65 bits per heavy atom. The first kappa shape index (κ1) is 30.4. The molecular formula is C26H25F3NNaO5S. The summed E-state index contributed by atoms with van der Waals surface area (Å²) in [5, 5.41) is 8.73. The van der Waals surface area contributed by atoms with Crippen LogP contribution in [0.3, 0.4) is 0 Å². The van der Waals surface area contributed by atoms with Crippen molar-refractivity contribution in [3.63, 3.8) is 0 Å². The molecule has 3 aromatic rings. The van der Waals surface area contributed by atoms with Gasteiger partial charge >= 0.3 is 41.7 Å². The van der Waals surface area contributed by atoms with Crippen molar-refractivity contribution in [2.45, 2.75) is 37.6 Å². The third-order valence-corrected chi connectivity index (χ3v) is 7.09. The van der Waals surface area contributed by atoms with Crippen molar-refractivity contribution in [3.8, 4) is 5.75 Å². The molecule has 0 aliphatic carbocycles. The van der Waals surface area contributed by atoms with Crippen LogP contribution >= 0.6 is 0 Å². The van der Waals surface area contributed by atoms with Gasteiger partial charge in [-0.2, -0.15) is 13.2 Å². The van der Waals surface area contributed by atoms with Gasteiger partial charge in [0.15, 0.2) is 0 Å². The molecule has 0 aromatic heterocycles. The van der Waals surface area contributed by atoms with Crippen molar-refractivity contribution < 1.29 is 36.2 Å². The molecule has 1 N–H and O–H groups in total. The molecule has 0 saturated heterocycles.